The number of nitrogens with zero attached hydrogens (tertiary/aromatic N) is 1. The number of rotatable bonds is 4. The Labute approximate surface area is 135 Å². The lowest BCUT2D eigenvalue weighted by Gasteiger charge is -2.15. The first-order valence-corrected chi connectivity index (χ1v) is 8.70. The minimum atomic E-state index is -3.68. The van der Waals surface area contributed by atoms with E-state index in [4.69, 9.17) is 4.74 Å². The highest BCUT2D eigenvalue weighted by Gasteiger charge is 2.34. The molecule has 2 aromatic rings. The molecule has 23 heavy (non-hydrogen) atoms. The van der Waals surface area contributed by atoms with Crippen molar-refractivity contribution >= 4 is 15.8 Å². The third-order valence-corrected chi connectivity index (χ3v) is 5.62. The molecule has 0 bridgehead atoms. The average Bonchev–Trinajstić information content (AvgIpc) is 3.06. The SMILES string of the molecule is CC(=O)c1cccc(S(=O)(=O)N2COC(c3ccccc3)C2)c1. The van der Waals surface area contributed by atoms with E-state index >= 15 is 0 Å². The summed E-state index contributed by atoms with van der Waals surface area (Å²) in [5.41, 5.74) is 1.33. The highest BCUT2D eigenvalue weighted by Crippen LogP contribution is 2.29. The molecule has 0 amide bonds. The summed E-state index contributed by atoms with van der Waals surface area (Å²) in [6, 6.07) is 15.6. The molecule has 2 aromatic carbocycles. The van der Waals surface area contributed by atoms with Gasteiger partial charge in [0.15, 0.2) is 5.78 Å². The van der Waals surface area contributed by atoms with Crippen LogP contribution in [0, 0.1) is 0 Å². The molecule has 0 radical (unpaired) electrons. The van der Waals surface area contributed by atoms with E-state index < -0.39 is 10.0 Å². The third-order valence-electron chi connectivity index (χ3n) is 3.84. The van der Waals surface area contributed by atoms with Gasteiger partial charge in [0.05, 0.1) is 11.0 Å². The van der Waals surface area contributed by atoms with Gasteiger partial charge in [-0.1, -0.05) is 42.5 Å². The molecule has 0 aliphatic carbocycles. The number of hydrogen-bond acceptors (Lipinski definition) is 4. The van der Waals surface area contributed by atoms with Crippen molar-refractivity contribution in [3.05, 3.63) is 65.7 Å². The molecule has 1 atom stereocenters. The van der Waals surface area contributed by atoms with Crippen molar-refractivity contribution in [3.8, 4) is 0 Å². The normalized spacial score (nSPS) is 18.9. The van der Waals surface area contributed by atoms with Crippen LogP contribution in [-0.2, 0) is 14.8 Å². The Morgan fingerprint density at radius 3 is 2.57 bits per heavy atom. The Bertz CT molecular complexity index is 817. The van der Waals surface area contributed by atoms with Gasteiger partial charge in [-0.2, -0.15) is 4.31 Å². The molecule has 1 aliphatic rings. The number of sulfonamides is 1. The molecular weight excluding hydrogens is 314 g/mol. The molecule has 0 spiro atoms. The maximum Gasteiger partial charge on any atom is 0.245 e. The smallest absolute Gasteiger partial charge is 0.245 e. The van der Waals surface area contributed by atoms with Gasteiger partial charge in [0.1, 0.15) is 6.73 Å². The Balaban J connectivity index is 1.84. The van der Waals surface area contributed by atoms with Gasteiger partial charge in [-0.3, -0.25) is 4.79 Å². The van der Waals surface area contributed by atoms with Crippen LogP contribution in [0.2, 0.25) is 0 Å². The minimum absolute atomic E-state index is 0.00614. The van der Waals surface area contributed by atoms with Crippen LogP contribution in [0.1, 0.15) is 28.9 Å². The number of carbonyl (C=O) groups is 1. The lowest BCUT2D eigenvalue weighted by molar-refractivity contribution is 0.101. The number of ether oxygens (including phenoxy) is 1. The summed E-state index contributed by atoms with van der Waals surface area (Å²) < 4.78 is 32.4. The molecule has 1 heterocycles. The van der Waals surface area contributed by atoms with Crippen molar-refractivity contribution in [2.24, 2.45) is 0 Å². The zero-order chi connectivity index (χ0) is 16.4. The Morgan fingerprint density at radius 2 is 1.87 bits per heavy atom. The lowest BCUT2D eigenvalue weighted by atomic mass is 10.1. The van der Waals surface area contributed by atoms with Crippen LogP contribution in [-0.4, -0.2) is 31.8 Å². The van der Waals surface area contributed by atoms with Crippen LogP contribution in [0.15, 0.2) is 59.5 Å². The van der Waals surface area contributed by atoms with Crippen LogP contribution in [0.25, 0.3) is 0 Å². The van der Waals surface area contributed by atoms with E-state index in [1.165, 1.54) is 23.4 Å². The number of carbonyl (C=O) groups excluding carboxylic acids is 1. The number of Topliss-reactive ketones (excluding diaryl/α,β-unsaturated/α-hetero) is 1. The molecule has 120 valence electrons. The summed E-state index contributed by atoms with van der Waals surface area (Å²) in [6.45, 7) is 1.68. The van der Waals surface area contributed by atoms with Crippen molar-refractivity contribution in [3.63, 3.8) is 0 Å². The fraction of sp³-hybridized carbons (Fsp3) is 0.235. The van der Waals surface area contributed by atoms with Gasteiger partial charge in [0, 0.05) is 12.1 Å². The van der Waals surface area contributed by atoms with E-state index in [1.54, 1.807) is 12.1 Å². The molecule has 3 rings (SSSR count). The fourth-order valence-corrected chi connectivity index (χ4v) is 3.88. The summed E-state index contributed by atoms with van der Waals surface area (Å²) in [5, 5.41) is 0. The first kappa shape index (κ1) is 15.9. The van der Waals surface area contributed by atoms with Gasteiger partial charge in [0.2, 0.25) is 10.0 Å². The highest BCUT2D eigenvalue weighted by atomic mass is 32.2. The zero-order valence-corrected chi connectivity index (χ0v) is 13.5. The molecule has 1 aliphatic heterocycles. The maximum absolute atomic E-state index is 12.7. The molecule has 1 fully saturated rings. The van der Waals surface area contributed by atoms with Crippen molar-refractivity contribution < 1.29 is 17.9 Å². The predicted octanol–water partition coefficient (Wildman–Crippen LogP) is 2.61. The highest BCUT2D eigenvalue weighted by molar-refractivity contribution is 7.89. The molecule has 0 aromatic heterocycles. The molecule has 1 saturated heterocycles. The maximum atomic E-state index is 12.7. The monoisotopic (exact) mass is 331 g/mol. The van der Waals surface area contributed by atoms with Crippen LogP contribution in [0.4, 0.5) is 0 Å². The Morgan fingerprint density at radius 1 is 1.13 bits per heavy atom. The molecule has 0 saturated carbocycles. The average molecular weight is 331 g/mol. The molecule has 0 N–H and O–H groups in total. The second kappa shape index (κ2) is 6.23. The van der Waals surface area contributed by atoms with Crippen molar-refractivity contribution in [2.75, 3.05) is 13.3 Å². The first-order valence-electron chi connectivity index (χ1n) is 7.26. The minimum Gasteiger partial charge on any atom is -0.356 e. The van der Waals surface area contributed by atoms with E-state index in [-0.39, 0.29) is 30.1 Å². The largest absolute Gasteiger partial charge is 0.356 e. The first-order chi connectivity index (χ1) is 11.0. The van der Waals surface area contributed by atoms with Crippen LogP contribution >= 0.6 is 0 Å². The summed E-state index contributed by atoms with van der Waals surface area (Å²) in [5.74, 6) is -0.165. The topological polar surface area (TPSA) is 63.7 Å². The Hall–Kier alpha value is -2.02. The molecule has 6 heteroatoms. The van der Waals surface area contributed by atoms with Gasteiger partial charge in [-0.05, 0) is 24.6 Å². The van der Waals surface area contributed by atoms with E-state index in [2.05, 4.69) is 0 Å². The second-order valence-corrected chi connectivity index (χ2v) is 7.36. The van der Waals surface area contributed by atoms with E-state index in [9.17, 15) is 13.2 Å². The van der Waals surface area contributed by atoms with E-state index in [1.807, 2.05) is 30.3 Å². The number of benzene rings is 2. The summed E-state index contributed by atoms with van der Waals surface area (Å²) >= 11 is 0. The standard InChI is InChI=1S/C17H17NO4S/c1-13(19)15-8-5-9-16(10-15)23(20,21)18-11-17(22-12-18)14-6-3-2-4-7-14/h2-10,17H,11-12H2,1H3. The van der Waals surface area contributed by atoms with Gasteiger partial charge in [0.25, 0.3) is 0 Å². The summed E-state index contributed by atoms with van der Waals surface area (Å²) in [7, 11) is -3.68. The van der Waals surface area contributed by atoms with Gasteiger partial charge in [-0.25, -0.2) is 8.42 Å². The number of hydrogen-bond donors (Lipinski definition) is 0. The van der Waals surface area contributed by atoms with E-state index in [0.717, 1.165) is 5.56 Å². The van der Waals surface area contributed by atoms with Crippen molar-refractivity contribution in [1.82, 2.24) is 4.31 Å². The lowest BCUT2D eigenvalue weighted by Crippen LogP contribution is -2.28. The predicted molar refractivity (Wildman–Crippen MR) is 85.5 cm³/mol. The van der Waals surface area contributed by atoms with Crippen LogP contribution in [0.3, 0.4) is 0 Å². The van der Waals surface area contributed by atoms with Crippen LogP contribution in [0.5, 0.6) is 0 Å². The van der Waals surface area contributed by atoms with Crippen molar-refractivity contribution in [2.45, 2.75) is 17.9 Å². The number of ketones is 1. The third kappa shape index (κ3) is 3.19. The van der Waals surface area contributed by atoms with Crippen molar-refractivity contribution in [1.29, 1.82) is 0 Å². The van der Waals surface area contributed by atoms with Gasteiger partial charge in [-0.15, -0.1) is 0 Å². The molecule has 5 nitrogen and oxygen atoms in total. The molecular formula is C17H17NO4S. The molecule has 1 unspecified atom stereocenters. The fourth-order valence-electron chi connectivity index (χ4n) is 2.52. The second-order valence-electron chi connectivity index (χ2n) is 5.42. The van der Waals surface area contributed by atoms with Crippen LogP contribution < -0.4 is 0 Å². The van der Waals surface area contributed by atoms with E-state index in [0.29, 0.717) is 5.56 Å². The summed E-state index contributed by atoms with van der Waals surface area (Å²) in [6.07, 6.45) is -0.276. The Kier molecular flexibility index (Phi) is 4.30. The van der Waals surface area contributed by atoms with Gasteiger partial charge >= 0.3 is 0 Å². The van der Waals surface area contributed by atoms with Gasteiger partial charge < -0.3 is 4.74 Å². The zero-order valence-electron chi connectivity index (χ0n) is 12.7. The quantitative estimate of drug-likeness (QED) is 0.808. The summed E-state index contributed by atoms with van der Waals surface area (Å²) in [4.78, 5) is 11.6.